The van der Waals surface area contributed by atoms with Crippen LogP contribution in [0.3, 0.4) is 0 Å². The molecule has 0 aliphatic carbocycles. The van der Waals surface area contributed by atoms with Crippen LogP contribution >= 0.6 is 11.6 Å². The van der Waals surface area contributed by atoms with Crippen molar-refractivity contribution in [2.45, 2.75) is 19.3 Å². The highest BCUT2D eigenvalue weighted by Crippen LogP contribution is 2.28. The minimum atomic E-state index is -0.936. The lowest BCUT2D eigenvalue weighted by molar-refractivity contribution is -0.131. The second kappa shape index (κ2) is 5.91. The molecule has 1 aromatic carbocycles. The molecule has 0 aromatic heterocycles. The molecule has 1 heterocycles. The lowest BCUT2D eigenvalue weighted by Gasteiger charge is -2.30. The molecular formula is C14H16ClNO2. The fourth-order valence-electron chi connectivity index (χ4n) is 2.23. The number of carboxylic acid groups (broad SMARTS) is 1. The molecule has 0 saturated carbocycles. The van der Waals surface area contributed by atoms with Gasteiger partial charge in [-0.2, -0.15) is 0 Å². The van der Waals surface area contributed by atoms with Crippen molar-refractivity contribution in [3.63, 3.8) is 0 Å². The molecule has 96 valence electrons. The lowest BCUT2D eigenvalue weighted by atomic mass is 10.1. The molecule has 18 heavy (non-hydrogen) atoms. The van der Waals surface area contributed by atoms with Gasteiger partial charge in [0.15, 0.2) is 0 Å². The number of carbonyl (C=O) groups is 1. The Labute approximate surface area is 112 Å². The van der Waals surface area contributed by atoms with Crippen molar-refractivity contribution in [2.75, 3.05) is 18.0 Å². The molecular weight excluding hydrogens is 250 g/mol. The summed E-state index contributed by atoms with van der Waals surface area (Å²) in [6.45, 7) is 2.02. The maximum Gasteiger partial charge on any atom is 0.328 e. The van der Waals surface area contributed by atoms with Crippen LogP contribution in [0.1, 0.15) is 24.8 Å². The molecule has 1 aliphatic heterocycles. The molecule has 1 aliphatic rings. The second-order valence-corrected chi connectivity index (χ2v) is 4.86. The molecule has 1 saturated heterocycles. The fourth-order valence-corrected chi connectivity index (χ4v) is 2.39. The Morgan fingerprint density at radius 3 is 2.67 bits per heavy atom. The Kier molecular flexibility index (Phi) is 4.26. The molecule has 1 fully saturated rings. The average Bonchev–Trinajstić information content (AvgIpc) is 2.38. The van der Waals surface area contributed by atoms with E-state index in [1.807, 2.05) is 12.1 Å². The Balaban J connectivity index is 2.30. The molecule has 4 heteroatoms. The quantitative estimate of drug-likeness (QED) is 0.852. The Bertz CT molecular complexity index is 465. The number of benzene rings is 1. The van der Waals surface area contributed by atoms with Crippen molar-refractivity contribution in [2.24, 2.45) is 0 Å². The summed E-state index contributed by atoms with van der Waals surface area (Å²) in [4.78, 5) is 12.9. The molecule has 0 bridgehead atoms. The van der Waals surface area contributed by atoms with Gasteiger partial charge in [0.2, 0.25) is 0 Å². The van der Waals surface area contributed by atoms with E-state index in [4.69, 9.17) is 16.7 Å². The maximum atomic E-state index is 10.6. The highest BCUT2D eigenvalue weighted by molar-refractivity contribution is 6.31. The van der Waals surface area contributed by atoms with E-state index >= 15 is 0 Å². The first-order valence-corrected chi connectivity index (χ1v) is 6.50. The third-order valence-electron chi connectivity index (χ3n) is 3.09. The Morgan fingerprint density at radius 2 is 2.00 bits per heavy atom. The number of hydrogen-bond donors (Lipinski definition) is 1. The van der Waals surface area contributed by atoms with E-state index < -0.39 is 5.97 Å². The van der Waals surface area contributed by atoms with Gasteiger partial charge in [-0.15, -0.1) is 0 Å². The van der Waals surface area contributed by atoms with Crippen LogP contribution in [-0.2, 0) is 4.79 Å². The van der Waals surface area contributed by atoms with Gasteiger partial charge in [-0.1, -0.05) is 17.7 Å². The summed E-state index contributed by atoms with van der Waals surface area (Å²) in [6.07, 6.45) is 6.40. The number of hydrogen-bond acceptors (Lipinski definition) is 2. The molecule has 0 unspecified atom stereocenters. The smallest absolute Gasteiger partial charge is 0.328 e. The predicted octanol–water partition coefficient (Wildman–Crippen LogP) is 3.43. The van der Waals surface area contributed by atoms with E-state index in [0.29, 0.717) is 5.02 Å². The van der Waals surface area contributed by atoms with E-state index in [2.05, 4.69) is 4.90 Å². The van der Waals surface area contributed by atoms with Gasteiger partial charge in [-0.25, -0.2) is 4.79 Å². The number of rotatable bonds is 3. The van der Waals surface area contributed by atoms with Crippen molar-refractivity contribution in [1.29, 1.82) is 0 Å². The van der Waals surface area contributed by atoms with Gasteiger partial charge < -0.3 is 10.0 Å². The van der Waals surface area contributed by atoms with E-state index in [9.17, 15) is 4.79 Å². The number of carboxylic acids is 1. The van der Waals surface area contributed by atoms with Gasteiger partial charge in [0, 0.05) is 29.9 Å². The summed E-state index contributed by atoms with van der Waals surface area (Å²) in [5, 5.41) is 9.39. The SMILES string of the molecule is O=C(O)/C=C/c1ccc(Cl)cc1N1CCCCC1. The summed E-state index contributed by atoms with van der Waals surface area (Å²) in [7, 11) is 0. The van der Waals surface area contributed by atoms with Gasteiger partial charge >= 0.3 is 5.97 Å². The topological polar surface area (TPSA) is 40.5 Å². The van der Waals surface area contributed by atoms with Crippen LogP contribution in [0.4, 0.5) is 5.69 Å². The van der Waals surface area contributed by atoms with Crippen molar-refractivity contribution < 1.29 is 9.90 Å². The second-order valence-electron chi connectivity index (χ2n) is 4.42. The van der Waals surface area contributed by atoms with Crippen LogP contribution in [0, 0.1) is 0 Å². The van der Waals surface area contributed by atoms with E-state index in [-0.39, 0.29) is 0 Å². The van der Waals surface area contributed by atoms with Crippen LogP contribution in [-0.4, -0.2) is 24.2 Å². The third-order valence-corrected chi connectivity index (χ3v) is 3.33. The number of aliphatic carboxylic acids is 1. The lowest BCUT2D eigenvalue weighted by Crippen LogP contribution is -2.29. The normalized spacial score (nSPS) is 16.2. The summed E-state index contributed by atoms with van der Waals surface area (Å²) < 4.78 is 0. The van der Waals surface area contributed by atoms with E-state index in [1.165, 1.54) is 19.3 Å². The highest BCUT2D eigenvalue weighted by Gasteiger charge is 2.13. The molecule has 2 rings (SSSR count). The average molecular weight is 266 g/mol. The summed E-state index contributed by atoms with van der Waals surface area (Å²) in [5.74, 6) is -0.936. The van der Waals surface area contributed by atoms with Crippen LogP contribution in [0.2, 0.25) is 5.02 Å². The van der Waals surface area contributed by atoms with Gasteiger partial charge in [0.05, 0.1) is 0 Å². The van der Waals surface area contributed by atoms with E-state index in [1.54, 1.807) is 12.1 Å². The maximum absolute atomic E-state index is 10.6. The Hall–Kier alpha value is -1.48. The number of piperidine rings is 1. The van der Waals surface area contributed by atoms with Crippen molar-refractivity contribution in [3.8, 4) is 0 Å². The number of anilines is 1. The van der Waals surface area contributed by atoms with Crippen LogP contribution in [0.15, 0.2) is 24.3 Å². The zero-order valence-electron chi connectivity index (χ0n) is 10.1. The van der Waals surface area contributed by atoms with Crippen LogP contribution in [0.5, 0.6) is 0 Å². The predicted molar refractivity (Wildman–Crippen MR) is 74.2 cm³/mol. The zero-order valence-corrected chi connectivity index (χ0v) is 10.9. The minimum absolute atomic E-state index is 0.683. The Morgan fingerprint density at radius 1 is 1.28 bits per heavy atom. The van der Waals surface area contributed by atoms with Crippen LogP contribution in [0.25, 0.3) is 6.08 Å². The third kappa shape index (κ3) is 3.26. The van der Waals surface area contributed by atoms with Gasteiger partial charge in [0.25, 0.3) is 0 Å². The summed E-state index contributed by atoms with van der Waals surface area (Å²) in [5.41, 5.74) is 1.93. The van der Waals surface area contributed by atoms with Crippen molar-refractivity contribution >= 4 is 29.3 Å². The van der Waals surface area contributed by atoms with Gasteiger partial charge in [-0.3, -0.25) is 0 Å². The molecule has 1 aromatic rings. The van der Waals surface area contributed by atoms with E-state index in [0.717, 1.165) is 30.4 Å². The fraction of sp³-hybridized carbons (Fsp3) is 0.357. The molecule has 0 spiro atoms. The molecule has 0 amide bonds. The zero-order chi connectivity index (χ0) is 13.0. The molecule has 0 radical (unpaired) electrons. The molecule has 3 nitrogen and oxygen atoms in total. The largest absolute Gasteiger partial charge is 0.478 e. The molecule has 0 atom stereocenters. The van der Waals surface area contributed by atoms with Crippen molar-refractivity contribution in [1.82, 2.24) is 0 Å². The molecule has 1 N–H and O–H groups in total. The minimum Gasteiger partial charge on any atom is -0.478 e. The first kappa shape index (κ1) is 13.0. The summed E-state index contributed by atoms with van der Waals surface area (Å²) in [6, 6.07) is 5.57. The van der Waals surface area contributed by atoms with Gasteiger partial charge in [0.1, 0.15) is 0 Å². The van der Waals surface area contributed by atoms with Crippen LogP contribution < -0.4 is 4.90 Å². The number of halogens is 1. The first-order chi connectivity index (χ1) is 8.66. The monoisotopic (exact) mass is 265 g/mol. The summed E-state index contributed by atoms with van der Waals surface area (Å²) >= 11 is 6.03. The van der Waals surface area contributed by atoms with Gasteiger partial charge in [-0.05, 0) is 43.0 Å². The highest BCUT2D eigenvalue weighted by atomic mass is 35.5. The standard InChI is InChI=1S/C14H16ClNO2/c15-12-6-4-11(5-7-14(17)18)13(10-12)16-8-2-1-3-9-16/h4-7,10H,1-3,8-9H2,(H,17,18)/b7-5+. The van der Waals surface area contributed by atoms with Crippen molar-refractivity contribution in [3.05, 3.63) is 34.9 Å². The number of nitrogens with zero attached hydrogens (tertiary/aromatic N) is 1. The first-order valence-electron chi connectivity index (χ1n) is 6.12.